The van der Waals surface area contributed by atoms with Crippen molar-refractivity contribution in [1.82, 2.24) is 14.7 Å². The lowest BCUT2D eigenvalue weighted by atomic mass is 10.1. The largest absolute Gasteiger partial charge is 0.350 e. The first-order chi connectivity index (χ1) is 12.3. The van der Waals surface area contributed by atoms with Gasteiger partial charge >= 0.3 is 0 Å². The van der Waals surface area contributed by atoms with E-state index in [0.29, 0.717) is 12.8 Å². The van der Waals surface area contributed by atoms with Crippen LogP contribution in [0, 0.1) is 0 Å². The fraction of sp³-hybridized carbons (Fsp3) is 0.263. The number of hydrogen-bond donors (Lipinski definition) is 1. The van der Waals surface area contributed by atoms with Crippen LogP contribution < -0.4 is 5.32 Å². The molecule has 26 heavy (non-hydrogen) atoms. The first-order valence-electron chi connectivity index (χ1n) is 8.35. The molecule has 3 aromatic rings. The molecule has 0 unspecified atom stereocenters. The molecule has 2 heterocycles. The average Bonchev–Trinajstić information content (AvgIpc) is 3.02. The predicted octanol–water partition coefficient (Wildman–Crippen LogP) is 2.55. The molecule has 0 aliphatic heterocycles. The highest BCUT2D eigenvalue weighted by atomic mass is 32.2. The molecule has 0 radical (unpaired) electrons. The van der Waals surface area contributed by atoms with Crippen LogP contribution in [0.1, 0.15) is 30.6 Å². The van der Waals surface area contributed by atoms with Gasteiger partial charge in [0, 0.05) is 25.1 Å². The van der Waals surface area contributed by atoms with Gasteiger partial charge in [0.2, 0.25) is 5.91 Å². The maximum Gasteiger partial charge on any atom is 0.220 e. The smallest absolute Gasteiger partial charge is 0.220 e. The highest BCUT2D eigenvalue weighted by molar-refractivity contribution is 7.90. The first-order valence-corrected chi connectivity index (χ1v) is 10.2. The van der Waals surface area contributed by atoms with E-state index in [1.165, 1.54) is 6.26 Å². The number of fused-ring (bicyclic) bond motifs is 1. The van der Waals surface area contributed by atoms with Crippen molar-refractivity contribution < 1.29 is 13.2 Å². The molecule has 1 N–H and O–H groups in total. The number of aryl methyl sites for hydroxylation is 1. The van der Waals surface area contributed by atoms with Gasteiger partial charge in [0.05, 0.1) is 16.6 Å². The molecule has 0 aliphatic rings. The lowest BCUT2D eigenvalue weighted by molar-refractivity contribution is -0.121. The fourth-order valence-electron chi connectivity index (χ4n) is 2.75. The van der Waals surface area contributed by atoms with E-state index in [4.69, 9.17) is 0 Å². The Labute approximate surface area is 152 Å². The maximum absolute atomic E-state index is 12.2. The zero-order valence-electron chi connectivity index (χ0n) is 14.7. The van der Waals surface area contributed by atoms with Crippen molar-refractivity contribution in [3.8, 4) is 0 Å². The second kappa shape index (κ2) is 7.29. The third kappa shape index (κ3) is 4.29. The Morgan fingerprint density at radius 2 is 1.92 bits per heavy atom. The van der Waals surface area contributed by atoms with Gasteiger partial charge in [-0.3, -0.25) is 4.79 Å². The third-order valence-electron chi connectivity index (χ3n) is 4.21. The van der Waals surface area contributed by atoms with Crippen LogP contribution >= 0.6 is 0 Å². The van der Waals surface area contributed by atoms with Crippen LogP contribution in [0.15, 0.2) is 59.8 Å². The molecule has 0 saturated heterocycles. The van der Waals surface area contributed by atoms with Gasteiger partial charge in [-0.2, -0.15) is 0 Å². The number of benzene rings is 1. The molecule has 2 aromatic heterocycles. The maximum atomic E-state index is 12.2. The van der Waals surface area contributed by atoms with Crippen molar-refractivity contribution in [2.45, 2.75) is 30.7 Å². The summed E-state index contributed by atoms with van der Waals surface area (Å²) >= 11 is 0. The molecule has 6 nitrogen and oxygen atoms in total. The second-order valence-corrected chi connectivity index (χ2v) is 8.34. The topological polar surface area (TPSA) is 80.5 Å². The molecular formula is C19H21N3O3S. The summed E-state index contributed by atoms with van der Waals surface area (Å²) in [5.74, 6) is -0.0678. The Kier molecular flexibility index (Phi) is 5.08. The highest BCUT2D eigenvalue weighted by Crippen LogP contribution is 2.16. The zero-order chi connectivity index (χ0) is 18.7. The molecule has 0 aliphatic carbocycles. The van der Waals surface area contributed by atoms with Gasteiger partial charge in [-0.25, -0.2) is 13.4 Å². The van der Waals surface area contributed by atoms with Crippen LogP contribution in [0.3, 0.4) is 0 Å². The minimum Gasteiger partial charge on any atom is -0.350 e. The number of hydrogen-bond acceptors (Lipinski definition) is 4. The molecule has 0 saturated carbocycles. The molecule has 136 valence electrons. The molecule has 3 rings (SSSR count). The monoisotopic (exact) mass is 371 g/mol. The summed E-state index contributed by atoms with van der Waals surface area (Å²) in [6.45, 7) is 1.87. The van der Waals surface area contributed by atoms with E-state index < -0.39 is 9.84 Å². The van der Waals surface area contributed by atoms with Crippen molar-refractivity contribution in [2.75, 3.05) is 6.26 Å². The van der Waals surface area contributed by atoms with Crippen LogP contribution in [-0.2, 0) is 21.1 Å². The van der Waals surface area contributed by atoms with Crippen molar-refractivity contribution in [3.05, 3.63) is 66.1 Å². The lowest BCUT2D eigenvalue weighted by Crippen LogP contribution is -2.26. The van der Waals surface area contributed by atoms with Crippen LogP contribution in [-0.4, -0.2) is 30.0 Å². The molecule has 0 spiro atoms. The van der Waals surface area contributed by atoms with E-state index in [2.05, 4.69) is 10.3 Å². The van der Waals surface area contributed by atoms with Crippen molar-refractivity contribution in [2.24, 2.45) is 0 Å². The van der Waals surface area contributed by atoms with E-state index in [1.807, 2.05) is 41.9 Å². The molecule has 1 amide bonds. The summed E-state index contributed by atoms with van der Waals surface area (Å²) in [5.41, 5.74) is 2.59. The predicted molar refractivity (Wildman–Crippen MR) is 99.6 cm³/mol. The Bertz CT molecular complexity index is 991. The number of nitrogens with one attached hydrogen (secondary N) is 1. The summed E-state index contributed by atoms with van der Waals surface area (Å²) in [6.07, 6.45) is 5.93. The normalized spacial score (nSPS) is 12.8. The number of sulfone groups is 1. The standard InChI is InChI=1S/C19H21N3O3S/c1-14(15-6-9-17(10-7-15)26(2,24)25)20-19(23)11-8-16-13-22-12-4-3-5-18(22)21-16/h3-7,9-10,12-14H,8,11H2,1-2H3,(H,20,23)/t14-/m0/s1. The van der Waals surface area contributed by atoms with Crippen molar-refractivity contribution in [3.63, 3.8) is 0 Å². The van der Waals surface area contributed by atoms with Gasteiger partial charge in [0.1, 0.15) is 5.65 Å². The van der Waals surface area contributed by atoms with Gasteiger partial charge in [0.15, 0.2) is 9.84 Å². The Morgan fingerprint density at radius 3 is 2.58 bits per heavy atom. The number of imidazole rings is 1. The van der Waals surface area contributed by atoms with E-state index in [9.17, 15) is 13.2 Å². The van der Waals surface area contributed by atoms with E-state index in [-0.39, 0.29) is 16.8 Å². The molecular weight excluding hydrogens is 350 g/mol. The van der Waals surface area contributed by atoms with Gasteiger partial charge in [-0.05, 0) is 43.2 Å². The number of carbonyl (C=O) groups excluding carboxylic acids is 1. The first kappa shape index (κ1) is 18.1. The van der Waals surface area contributed by atoms with Crippen LogP contribution in [0.5, 0.6) is 0 Å². The third-order valence-corrected chi connectivity index (χ3v) is 5.34. The number of nitrogens with zero attached hydrogens (tertiary/aromatic N) is 2. The summed E-state index contributed by atoms with van der Waals surface area (Å²) < 4.78 is 24.9. The van der Waals surface area contributed by atoms with E-state index in [0.717, 1.165) is 16.9 Å². The Morgan fingerprint density at radius 1 is 1.19 bits per heavy atom. The average molecular weight is 371 g/mol. The Hall–Kier alpha value is -2.67. The SMILES string of the molecule is C[C@H](NC(=O)CCc1cn2ccccc2n1)c1ccc(S(C)(=O)=O)cc1. The van der Waals surface area contributed by atoms with Gasteiger partial charge in [0.25, 0.3) is 0 Å². The number of aromatic nitrogens is 2. The number of carbonyl (C=O) groups is 1. The van der Waals surface area contributed by atoms with Crippen LogP contribution in [0.4, 0.5) is 0 Å². The zero-order valence-corrected chi connectivity index (χ0v) is 15.5. The minimum absolute atomic E-state index is 0.0678. The summed E-state index contributed by atoms with van der Waals surface area (Å²) in [7, 11) is -3.22. The molecule has 1 aromatic carbocycles. The molecule has 1 atom stereocenters. The molecule has 0 bridgehead atoms. The highest BCUT2D eigenvalue weighted by Gasteiger charge is 2.12. The van der Waals surface area contributed by atoms with E-state index in [1.54, 1.807) is 24.3 Å². The fourth-order valence-corrected chi connectivity index (χ4v) is 3.38. The summed E-state index contributed by atoms with van der Waals surface area (Å²) in [5, 5.41) is 2.94. The number of amides is 1. The van der Waals surface area contributed by atoms with Crippen LogP contribution in [0.25, 0.3) is 5.65 Å². The number of pyridine rings is 1. The van der Waals surface area contributed by atoms with Gasteiger partial charge in [-0.1, -0.05) is 18.2 Å². The second-order valence-electron chi connectivity index (χ2n) is 6.33. The molecule has 0 fully saturated rings. The van der Waals surface area contributed by atoms with Gasteiger partial charge < -0.3 is 9.72 Å². The lowest BCUT2D eigenvalue weighted by Gasteiger charge is -2.14. The van der Waals surface area contributed by atoms with Gasteiger partial charge in [-0.15, -0.1) is 0 Å². The summed E-state index contributed by atoms with van der Waals surface area (Å²) in [4.78, 5) is 17.0. The molecule has 7 heteroatoms. The minimum atomic E-state index is -3.22. The summed E-state index contributed by atoms with van der Waals surface area (Å²) in [6, 6.07) is 12.2. The van der Waals surface area contributed by atoms with Crippen molar-refractivity contribution in [1.29, 1.82) is 0 Å². The number of rotatable bonds is 6. The van der Waals surface area contributed by atoms with Crippen LogP contribution in [0.2, 0.25) is 0 Å². The quantitative estimate of drug-likeness (QED) is 0.722. The van der Waals surface area contributed by atoms with E-state index >= 15 is 0 Å². The Balaban J connectivity index is 1.57. The van der Waals surface area contributed by atoms with Crippen molar-refractivity contribution >= 4 is 21.4 Å².